The molecule has 0 bridgehead atoms. The van der Waals surface area contributed by atoms with Crippen molar-refractivity contribution in [3.05, 3.63) is 64.7 Å². The zero-order valence-corrected chi connectivity index (χ0v) is 14.8. The molecule has 2 aromatic rings. The van der Waals surface area contributed by atoms with Crippen LogP contribution in [0.25, 0.3) is 0 Å². The van der Waals surface area contributed by atoms with Gasteiger partial charge in [0.1, 0.15) is 12.4 Å². The number of hydrogen-bond acceptors (Lipinski definition) is 4. The van der Waals surface area contributed by atoms with Crippen molar-refractivity contribution < 1.29 is 19.4 Å². The molecule has 3 rings (SSSR count). The minimum Gasteiger partial charge on any atom is -0.491 e. The highest BCUT2D eigenvalue weighted by molar-refractivity contribution is 6.02. The Balaban J connectivity index is 2.23. The Bertz CT molecular complexity index is 835. The van der Waals surface area contributed by atoms with Gasteiger partial charge in [-0.25, -0.2) is 0 Å². The van der Waals surface area contributed by atoms with Gasteiger partial charge in [0.2, 0.25) is 0 Å². The van der Waals surface area contributed by atoms with Crippen molar-refractivity contribution in [1.82, 2.24) is 10.6 Å². The van der Waals surface area contributed by atoms with Gasteiger partial charge in [0, 0.05) is 24.7 Å². The predicted molar refractivity (Wildman–Crippen MR) is 97.6 cm³/mol. The smallest absolute Gasteiger partial charge is 0.254 e. The number of ether oxygens (including phenoxy) is 1. The van der Waals surface area contributed by atoms with Crippen LogP contribution in [0.1, 0.15) is 38.8 Å². The summed E-state index contributed by atoms with van der Waals surface area (Å²) in [6, 6.07) is 12.7. The van der Waals surface area contributed by atoms with E-state index in [-0.39, 0.29) is 30.6 Å². The molecular weight excluding hydrogens is 332 g/mol. The average Bonchev–Trinajstić information content (AvgIpc) is 3.07. The van der Waals surface area contributed by atoms with Gasteiger partial charge in [-0.2, -0.15) is 0 Å². The molecule has 0 fully saturated rings. The quantitative estimate of drug-likeness (QED) is 0.759. The van der Waals surface area contributed by atoms with Crippen LogP contribution in [0.2, 0.25) is 0 Å². The molecule has 136 valence electrons. The lowest BCUT2D eigenvalue weighted by molar-refractivity contribution is 0.0955. The topological polar surface area (TPSA) is 87.7 Å². The third kappa shape index (κ3) is 2.82. The highest BCUT2D eigenvalue weighted by atomic mass is 16.5. The number of amides is 2. The Labute approximate surface area is 152 Å². The first-order chi connectivity index (χ1) is 12.6. The van der Waals surface area contributed by atoms with Crippen LogP contribution in [0.3, 0.4) is 0 Å². The zero-order chi connectivity index (χ0) is 18.7. The van der Waals surface area contributed by atoms with E-state index >= 15 is 0 Å². The molecule has 3 N–H and O–H groups in total. The van der Waals surface area contributed by atoms with Crippen molar-refractivity contribution in [3.63, 3.8) is 0 Å². The maximum atomic E-state index is 12.4. The summed E-state index contributed by atoms with van der Waals surface area (Å²) in [6.45, 7) is 2.31. The van der Waals surface area contributed by atoms with Crippen molar-refractivity contribution >= 4 is 11.8 Å². The molecule has 0 radical (unpaired) electrons. The monoisotopic (exact) mass is 354 g/mol. The number of hydrogen-bond donors (Lipinski definition) is 3. The van der Waals surface area contributed by atoms with Gasteiger partial charge < -0.3 is 20.5 Å². The molecule has 6 heteroatoms. The van der Waals surface area contributed by atoms with Crippen molar-refractivity contribution in [2.24, 2.45) is 0 Å². The standard InChI is InChI=1S/C20H22N2O4/c1-3-22-18(24)13-9-15(19(25)21-2)17-16(10-13)20(11-23,12-26-17)14-7-5-4-6-8-14/h4-10,23H,3,11-12H2,1-2H3,(H,21,25)(H,22,24)/t20-/m0/s1. The number of rotatable bonds is 5. The first-order valence-corrected chi connectivity index (χ1v) is 8.55. The second-order valence-electron chi connectivity index (χ2n) is 6.23. The molecule has 1 atom stereocenters. The van der Waals surface area contributed by atoms with Crippen LogP contribution < -0.4 is 15.4 Å². The summed E-state index contributed by atoms with van der Waals surface area (Å²) in [4.78, 5) is 24.8. The SMILES string of the molecule is CCNC(=O)c1cc(C(=O)NC)c2c(c1)[C@](CO)(c1ccccc1)CO2. The summed E-state index contributed by atoms with van der Waals surface area (Å²) in [5.74, 6) is -0.197. The first-order valence-electron chi connectivity index (χ1n) is 8.55. The number of nitrogens with one attached hydrogen (secondary N) is 2. The summed E-state index contributed by atoms with van der Waals surface area (Å²) in [6.07, 6.45) is 0. The second-order valence-corrected chi connectivity index (χ2v) is 6.23. The van der Waals surface area contributed by atoms with Gasteiger partial charge in [0.15, 0.2) is 0 Å². The largest absolute Gasteiger partial charge is 0.491 e. The number of aliphatic hydroxyl groups is 1. The Kier molecular flexibility index (Phi) is 4.95. The number of fused-ring (bicyclic) bond motifs is 1. The number of benzene rings is 2. The molecule has 1 heterocycles. The van der Waals surface area contributed by atoms with E-state index in [4.69, 9.17) is 4.74 Å². The fraction of sp³-hybridized carbons (Fsp3) is 0.300. The lowest BCUT2D eigenvalue weighted by Gasteiger charge is -2.26. The van der Waals surface area contributed by atoms with Crippen LogP contribution >= 0.6 is 0 Å². The normalized spacial score (nSPS) is 18.0. The van der Waals surface area contributed by atoms with Crippen molar-refractivity contribution in [1.29, 1.82) is 0 Å². The lowest BCUT2D eigenvalue weighted by Crippen LogP contribution is -2.34. The van der Waals surface area contributed by atoms with Gasteiger partial charge in [-0.05, 0) is 24.6 Å². The number of carbonyl (C=O) groups excluding carboxylic acids is 2. The molecule has 0 aromatic heterocycles. The highest BCUT2D eigenvalue weighted by Gasteiger charge is 2.44. The molecule has 2 aromatic carbocycles. The summed E-state index contributed by atoms with van der Waals surface area (Å²) in [5.41, 5.74) is 1.36. The Morgan fingerprint density at radius 1 is 1.19 bits per heavy atom. The molecule has 0 saturated carbocycles. The predicted octanol–water partition coefficient (Wildman–Crippen LogP) is 1.47. The van der Waals surface area contributed by atoms with Crippen LogP contribution in [-0.2, 0) is 5.41 Å². The van der Waals surface area contributed by atoms with Gasteiger partial charge in [-0.3, -0.25) is 9.59 Å². The Hall–Kier alpha value is -2.86. The Morgan fingerprint density at radius 3 is 2.54 bits per heavy atom. The Morgan fingerprint density at radius 2 is 1.92 bits per heavy atom. The van der Waals surface area contributed by atoms with Crippen molar-refractivity contribution in [3.8, 4) is 5.75 Å². The third-order valence-electron chi connectivity index (χ3n) is 4.73. The van der Waals surface area contributed by atoms with Gasteiger partial charge in [0.25, 0.3) is 11.8 Å². The van der Waals surface area contributed by atoms with Gasteiger partial charge in [-0.1, -0.05) is 30.3 Å². The van der Waals surface area contributed by atoms with Gasteiger partial charge in [0.05, 0.1) is 17.6 Å². The molecule has 26 heavy (non-hydrogen) atoms. The minimum absolute atomic E-state index is 0.198. The van der Waals surface area contributed by atoms with E-state index in [2.05, 4.69) is 10.6 Å². The molecule has 0 unspecified atom stereocenters. The summed E-state index contributed by atoms with van der Waals surface area (Å²) >= 11 is 0. The van der Waals surface area contributed by atoms with E-state index in [0.717, 1.165) is 5.56 Å². The van der Waals surface area contributed by atoms with Crippen LogP contribution in [-0.4, -0.2) is 43.7 Å². The zero-order valence-electron chi connectivity index (χ0n) is 14.8. The molecule has 0 spiro atoms. The van der Waals surface area contributed by atoms with E-state index < -0.39 is 5.41 Å². The molecule has 2 amide bonds. The number of aliphatic hydroxyl groups excluding tert-OH is 1. The molecule has 0 saturated heterocycles. The van der Waals surface area contributed by atoms with Crippen LogP contribution in [0.5, 0.6) is 5.75 Å². The fourth-order valence-electron chi connectivity index (χ4n) is 3.33. The van der Waals surface area contributed by atoms with Crippen molar-refractivity contribution in [2.75, 3.05) is 26.8 Å². The van der Waals surface area contributed by atoms with E-state index in [1.165, 1.54) is 13.1 Å². The molecule has 6 nitrogen and oxygen atoms in total. The molecule has 1 aliphatic rings. The van der Waals surface area contributed by atoms with Crippen LogP contribution in [0, 0.1) is 0 Å². The third-order valence-corrected chi connectivity index (χ3v) is 4.73. The van der Waals surface area contributed by atoms with Crippen molar-refractivity contribution in [2.45, 2.75) is 12.3 Å². The maximum absolute atomic E-state index is 12.4. The summed E-state index contributed by atoms with van der Waals surface area (Å²) < 4.78 is 5.86. The average molecular weight is 354 g/mol. The first kappa shape index (κ1) is 17.9. The second kappa shape index (κ2) is 7.17. The van der Waals surface area contributed by atoms with Crippen LogP contribution in [0.4, 0.5) is 0 Å². The molecular formula is C20H22N2O4. The van der Waals surface area contributed by atoms with Gasteiger partial charge in [-0.15, -0.1) is 0 Å². The highest BCUT2D eigenvalue weighted by Crippen LogP contribution is 2.45. The van der Waals surface area contributed by atoms with E-state index in [1.54, 1.807) is 6.07 Å². The number of carbonyl (C=O) groups is 2. The van der Waals surface area contributed by atoms with Crippen LogP contribution in [0.15, 0.2) is 42.5 Å². The van der Waals surface area contributed by atoms with E-state index in [1.807, 2.05) is 37.3 Å². The maximum Gasteiger partial charge on any atom is 0.254 e. The molecule has 1 aliphatic heterocycles. The van der Waals surface area contributed by atoms with Gasteiger partial charge >= 0.3 is 0 Å². The summed E-state index contributed by atoms with van der Waals surface area (Å²) in [7, 11) is 1.53. The fourth-order valence-corrected chi connectivity index (χ4v) is 3.33. The van der Waals surface area contributed by atoms with E-state index in [9.17, 15) is 14.7 Å². The van der Waals surface area contributed by atoms with E-state index in [0.29, 0.717) is 23.4 Å². The molecule has 0 aliphatic carbocycles. The summed E-state index contributed by atoms with van der Waals surface area (Å²) in [5, 5.41) is 15.6. The minimum atomic E-state index is -0.818. The lowest BCUT2D eigenvalue weighted by atomic mass is 9.76.